The van der Waals surface area contributed by atoms with Crippen LogP contribution in [0.15, 0.2) is 0 Å². The molecular weight excluding hydrogens is 528 g/mol. The summed E-state index contributed by atoms with van der Waals surface area (Å²) in [6.45, 7) is 19.3. The molecule has 0 saturated carbocycles. The molecule has 1 N–H and O–H groups in total. The summed E-state index contributed by atoms with van der Waals surface area (Å²) < 4.78 is 29.9. The highest BCUT2D eigenvalue weighted by molar-refractivity contribution is 6.02. The quantitative estimate of drug-likeness (QED) is 0.148. The van der Waals surface area contributed by atoms with Crippen molar-refractivity contribution in [2.24, 2.45) is 5.92 Å². The summed E-state index contributed by atoms with van der Waals surface area (Å²) in [5.41, 5.74) is -1.36. The third-order valence-corrected chi connectivity index (χ3v) is 8.03. The number of carbonyl (C=O) groups excluding carboxylic acids is 3. The fourth-order valence-electron chi connectivity index (χ4n) is 4.41. The normalized spacial score (nSPS) is 16.0. The highest BCUT2D eigenvalue weighted by Gasteiger charge is 2.36. The Morgan fingerprint density at radius 3 is 1.90 bits per heavy atom. The van der Waals surface area contributed by atoms with Gasteiger partial charge < -0.3 is 29.0 Å². The SMILES string of the molecule is COC(C)(C)CCOC(C)(C)CC(COCCCNC(=O)CCN1C(=O)CCC1=O)C(C)(C)OCCC(C)(C)OC. The molecule has 1 atom stereocenters. The molecule has 0 aromatic heterocycles. The van der Waals surface area contributed by atoms with Gasteiger partial charge in [-0.15, -0.1) is 0 Å². The molecule has 240 valence electrons. The first-order chi connectivity index (χ1) is 18.9. The van der Waals surface area contributed by atoms with Gasteiger partial charge in [-0.2, -0.15) is 0 Å². The van der Waals surface area contributed by atoms with Crippen LogP contribution in [0.5, 0.6) is 0 Å². The summed E-state index contributed by atoms with van der Waals surface area (Å²) in [4.78, 5) is 36.7. The predicted octanol–water partition coefficient (Wildman–Crippen LogP) is 4.28. The average molecular weight is 587 g/mol. The second-order valence-electron chi connectivity index (χ2n) is 13.4. The summed E-state index contributed by atoms with van der Waals surface area (Å²) in [6, 6.07) is 0. The minimum atomic E-state index is -0.463. The second kappa shape index (κ2) is 16.9. The first-order valence-electron chi connectivity index (χ1n) is 15.0. The predicted molar refractivity (Wildman–Crippen MR) is 159 cm³/mol. The highest BCUT2D eigenvalue weighted by Crippen LogP contribution is 2.32. The molecule has 1 fully saturated rings. The molecule has 1 heterocycles. The number of nitrogens with zero attached hydrogens (tertiary/aromatic N) is 1. The number of amides is 3. The number of carbonyl (C=O) groups is 3. The number of rotatable bonds is 22. The smallest absolute Gasteiger partial charge is 0.229 e. The van der Waals surface area contributed by atoms with Crippen LogP contribution in [0.1, 0.15) is 100 Å². The Bertz CT molecular complexity index is 809. The van der Waals surface area contributed by atoms with E-state index in [2.05, 4.69) is 46.9 Å². The van der Waals surface area contributed by atoms with Crippen molar-refractivity contribution in [2.75, 3.05) is 53.7 Å². The van der Waals surface area contributed by atoms with Gasteiger partial charge in [0.15, 0.2) is 0 Å². The number of nitrogens with one attached hydrogen (secondary N) is 1. The Balaban J connectivity index is 2.59. The summed E-state index contributed by atoms with van der Waals surface area (Å²) in [7, 11) is 3.43. The van der Waals surface area contributed by atoms with Crippen molar-refractivity contribution in [2.45, 2.75) is 123 Å². The zero-order valence-corrected chi connectivity index (χ0v) is 27.5. The van der Waals surface area contributed by atoms with E-state index in [9.17, 15) is 14.4 Å². The van der Waals surface area contributed by atoms with E-state index in [-0.39, 0.29) is 60.6 Å². The van der Waals surface area contributed by atoms with E-state index in [4.69, 9.17) is 23.7 Å². The van der Waals surface area contributed by atoms with Crippen LogP contribution in [0.3, 0.4) is 0 Å². The van der Waals surface area contributed by atoms with Crippen LogP contribution in [0.2, 0.25) is 0 Å². The number of hydrogen-bond donors (Lipinski definition) is 1. The zero-order valence-electron chi connectivity index (χ0n) is 27.5. The molecule has 10 nitrogen and oxygen atoms in total. The molecule has 1 aliphatic heterocycles. The Morgan fingerprint density at radius 1 is 0.829 bits per heavy atom. The molecule has 0 spiro atoms. The van der Waals surface area contributed by atoms with Crippen LogP contribution in [0, 0.1) is 5.92 Å². The molecule has 0 aromatic rings. The standard InChI is InChI=1S/C31H58N2O8/c1-28(2,37-9)15-20-40-30(5,6)22-24(31(7,8)41-21-16-29(3,4)38-10)23-39-19-11-17-32-25(34)14-18-33-26(35)12-13-27(33)36/h24H,11-23H2,1-10H3,(H,32,34). The molecule has 0 radical (unpaired) electrons. The molecule has 10 heteroatoms. The zero-order chi connectivity index (χ0) is 31.3. The molecule has 1 saturated heterocycles. The molecule has 1 aliphatic rings. The largest absolute Gasteiger partial charge is 0.381 e. The number of hydrogen-bond acceptors (Lipinski definition) is 8. The average Bonchev–Trinajstić information content (AvgIpc) is 3.20. The van der Waals surface area contributed by atoms with Crippen molar-refractivity contribution in [3.05, 3.63) is 0 Å². The maximum Gasteiger partial charge on any atom is 0.229 e. The van der Waals surface area contributed by atoms with Crippen molar-refractivity contribution >= 4 is 17.7 Å². The van der Waals surface area contributed by atoms with Crippen LogP contribution in [0.4, 0.5) is 0 Å². The van der Waals surface area contributed by atoms with Crippen molar-refractivity contribution in [3.63, 3.8) is 0 Å². The van der Waals surface area contributed by atoms with E-state index in [0.717, 1.165) is 19.3 Å². The number of imide groups is 1. The van der Waals surface area contributed by atoms with Crippen molar-refractivity contribution in [1.29, 1.82) is 0 Å². The minimum Gasteiger partial charge on any atom is -0.381 e. The summed E-state index contributed by atoms with van der Waals surface area (Å²) >= 11 is 0. The number of methoxy groups -OCH3 is 2. The summed E-state index contributed by atoms with van der Waals surface area (Å²) in [5.74, 6) is -0.525. The van der Waals surface area contributed by atoms with Gasteiger partial charge in [-0.05, 0) is 81.1 Å². The van der Waals surface area contributed by atoms with Crippen LogP contribution < -0.4 is 5.32 Å². The van der Waals surface area contributed by atoms with Gasteiger partial charge in [0, 0.05) is 59.1 Å². The van der Waals surface area contributed by atoms with Gasteiger partial charge in [0.2, 0.25) is 17.7 Å². The molecule has 3 amide bonds. The van der Waals surface area contributed by atoms with E-state index in [1.165, 1.54) is 4.90 Å². The van der Waals surface area contributed by atoms with Crippen LogP contribution in [-0.2, 0) is 38.1 Å². The Morgan fingerprint density at radius 2 is 1.37 bits per heavy atom. The van der Waals surface area contributed by atoms with Crippen LogP contribution in [0.25, 0.3) is 0 Å². The van der Waals surface area contributed by atoms with E-state index >= 15 is 0 Å². The van der Waals surface area contributed by atoms with Crippen molar-refractivity contribution in [3.8, 4) is 0 Å². The fourth-order valence-corrected chi connectivity index (χ4v) is 4.41. The maximum atomic E-state index is 12.2. The third kappa shape index (κ3) is 14.9. The van der Waals surface area contributed by atoms with Gasteiger partial charge in [-0.1, -0.05) is 0 Å². The number of ether oxygens (including phenoxy) is 5. The number of likely N-dealkylation sites (tertiary alicyclic amines) is 1. The fraction of sp³-hybridized carbons (Fsp3) is 0.903. The molecule has 1 rings (SSSR count). The molecule has 0 aromatic carbocycles. The van der Waals surface area contributed by atoms with Gasteiger partial charge in [0.25, 0.3) is 0 Å². The lowest BCUT2D eigenvalue weighted by Crippen LogP contribution is -2.43. The highest BCUT2D eigenvalue weighted by atomic mass is 16.5. The van der Waals surface area contributed by atoms with Gasteiger partial charge in [-0.3, -0.25) is 19.3 Å². The van der Waals surface area contributed by atoms with E-state index in [0.29, 0.717) is 39.4 Å². The van der Waals surface area contributed by atoms with Gasteiger partial charge >= 0.3 is 0 Å². The Kier molecular flexibility index (Phi) is 15.4. The molecule has 41 heavy (non-hydrogen) atoms. The lowest BCUT2D eigenvalue weighted by atomic mass is 9.82. The maximum absolute atomic E-state index is 12.2. The van der Waals surface area contributed by atoms with Gasteiger partial charge in [0.05, 0.1) is 42.2 Å². The van der Waals surface area contributed by atoms with E-state index in [1.54, 1.807) is 14.2 Å². The molecule has 0 bridgehead atoms. The van der Waals surface area contributed by atoms with Crippen molar-refractivity contribution in [1.82, 2.24) is 10.2 Å². The lowest BCUT2D eigenvalue weighted by molar-refractivity contribution is -0.138. The summed E-state index contributed by atoms with van der Waals surface area (Å²) in [5, 5.41) is 2.85. The molecular formula is C31H58N2O8. The van der Waals surface area contributed by atoms with Crippen LogP contribution >= 0.6 is 0 Å². The first-order valence-corrected chi connectivity index (χ1v) is 15.0. The van der Waals surface area contributed by atoms with E-state index < -0.39 is 11.2 Å². The van der Waals surface area contributed by atoms with Gasteiger partial charge in [0.1, 0.15) is 0 Å². The molecule has 1 unspecified atom stereocenters. The Labute approximate surface area is 248 Å². The second-order valence-corrected chi connectivity index (χ2v) is 13.4. The lowest BCUT2D eigenvalue weighted by Gasteiger charge is -2.40. The van der Waals surface area contributed by atoms with Crippen LogP contribution in [-0.4, -0.2) is 98.8 Å². The topological polar surface area (TPSA) is 113 Å². The first kappa shape index (κ1) is 37.4. The minimum absolute atomic E-state index is 0.0590. The third-order valence-electron chi connectivity index (χ3n) is 8.03. The monoisotopic (exact) mass is 586 g/mol. The van der Waals surface area contributed by atoms with Crippen molar-refractivity contribution < 1.29 is 38.1 Å². The molecule has 0 aliphatic carbocycles. The summed E-state index contributed by atoms with van der Waals surface area (Å²) in [6.07, 6.45) is 3.54. The Hall–Kier alpha value is -1.59. The van der Waals surface area contributed by atoms with E-state index in [1.807, 2.05) is 13.8 Å². The van der Waals surface area contributed by atoms with Gasteiger partial charge in [-0.25, -0.2) is 0 Å².